The highest BCUT2D eigenvalue weighted by Gasteiger charge is 2.50. The number of benzene rings is 4. The second-order valence-electron chi connectivity index (χ2n) is 11.7. The van der Waals surface area contributed by atoms with Crippen molar-refractivity contribution in [2.75, 3.05) is 5.32 Å². The highest BCUT2D eigenvalue weighted by molar-refractivity contribution is 6.10. The van der Waals surface area contributed by atoms with Crippen molar-refractivity contribution in [1.82, 2.24) is 4.90 Å². The van der Waals surface area contributed by atoms with Crippen molar-refractivity contribution < 1.29 is 32.7 Å². The summed E-state index contributed by atoms with van der Waals surface area (Å²) < 4.78 is 39.2. The number of carbonyl (C=O) groups excluding carboxylic acids is 2. The largest absolute Gasteiger partial charge is 0.480 e. The lowest BCUT2D eigenvalue weighted by Crippen LogP contribution is -2.56. The van der Waals surface area contributed by atoms with Crippen LogP contribution in [-0.2, 0) is 27.6 Å². The molecule has 9 heteroatoms. The molecule has 46 heavy (non-hydrogen) atoms. The lowest BCUT2D eigenvalue weighted by molar-refractivity contribution is -0.156. The van der Waals surface area contributed by atoms with Gasteiger partial charge >= 0.3 is 12.1 Å². The standard InChI is InChI=1S/C37H37F3N2O4/c1-24(2)42(25(3)4)34(44)36(35(45)46,23-22-26-10-6-5-7-11-26)28-18-20-30(21-19-28)41-33(43)32-13-9-8-12-31(32)27-14-16-29(17-15-27)37(38,39)40/h5-21,24-25H,22-23H2,1-4H3,(H,41,43)(H,45,46). The number of aryl methyl sites for hydroxylation is 1. The third kappa shape index (κ3) is 7.30. The molecule has 0 heterocycles. The summed E-state index contributed by atoms with van der Waals surface area (Å²) in [7, 11) is 0. The Balaban J connectivity index is 1.66. The number of halogens is 3. The van der Waals surface area contributed by atoms with Crippen molar-refractivity contribution in [2.45, 2.75) is 64.2 Å². The summed E-state index contributed by atoms with van der Waals surface area (Å²) in [5, 5.41) is 13.5. The molecule has 4 aromatic carbocycles. The van der Waals surface area contributed by atoms with Crippen LogP contribution < -0.4 is 5.32 Å². The molecule has 0 spiro atoms. The summed E-state index contributed by atoms with van der Waals surface area (Å²) in [5.74, 6) is -2.27. The van der Waals surface area contributed by atoms with Crippen molar-refractivity contribution in [3.05, 3.63) is 125 Å². The van der Waals surface area contributed by atoms with Crippen LogP contribution >= 0.6 is 0 Å². The van der Waals surface area contributed by atoms with E-state index in [0.717, 1.165) is 17.7 Å². The topological polar surface area (TPSA) is 86.7 Å². The molecule has 1 atom stereocenters. The van der Waals surface area contributed by atoms with Gasteiger partial charge in [-0.25, -0.2) is 0 Å². The number of anilines is 1. The first-order valence-electron chi connectivity index (χ1n) is 15.0. The van der Waals surface area contributed by atoms with Gasteiger partial charge in [0.15, 0.2) is 5.41 Å². The number of aliphatic carboxylic acids is 1. The van der Waals surface area contributed by atoms with E-state index in [-0.39, 0.29) is 29.6 Å². The summed E-state index contributed by atoms with van der Waals surface area (Å²) in [4.78, 5) is 42.3. The van der Waals surface area contributed by atoms with E-state index in [4.69, 9.17) is 0 Å². The molecule has 4 rings (SSSR count). The number of alkyl halides is 3. The Kier molecular flexibility index (Phi) is 10.4. The van der Waals surface area contributed by atoms with Gasteiger partial charge in [-0.05, 0) is 93.1 Å². The first kappa shape index (κ1) is 34.0. The Hall–Kier alpha value is -4.92. The Bertz CT molecular complexity index is 1660. The molecule has 2 N–H and O–H groups in total. The van der Waals surface area contributed by atoms with Gasteiger partial charge in [0.1, 0.15) is 0 Å². The van der Waals surface area contributed by atoms with Crippen LogP contribution in [0.3, 0.4) is 0 Å². The smallest absolute Gasteiger partial charge is 0.416 e. The minimum Gasteiger partial charge on any atom is -0.480 e. The van der Waals surface area contributed by atoms with Gasteiger partial charge in [-0.2, -0.15) is 13.2 Å². The lowest BCUT2D eigenvalue weighted by atomic mass is 9.74. The predicted octanol–water partition coefficient (Wildman–Crippen LogP) is 8.23. The van der Waals surface area contributed by atoms with Crippen LogP contribution in [0.4, 0.5) is 18.9 Å². The number of rotatable bonds is 11. The fourth-order valence-electron chi connectivity index (χ4n) is 5.77. The molecule has 0 aliphatic carbocycles. The zero-order valence-corrected chi connectivity index (χ0v) is 26.1. The fraction of sp³-hybridized carbons (Fsp3) is 0.270. The van der Waals surface area contributed by atoms with Crippen molar-refractivity contribution >= 4 is 23.5 Å². The second-order valence-corrected chi connectivity index (χ2v) is 11.7. The molecule has 4 aromatic rings. The fourth-order valence-corrected chi connectivity index (χ4v) is 5.77. The highest BCUT2D eigenvalue weighted by atomic mass is 19.4. The number of hydrogen-bond acceptors (Lipinski definition) is 3. The third-order valence-corrected chi connectivity index (χ3v) is 8.04. The number of carbonyl (C=O) groups is 3. The summed E-state index contributed by atoms with van der Waals surface area (Å²) in [6.45, 7) is 7.40. The highest BCUT2D eigenvalue weighted by Crippen LogP contribution is 2.36. The number of carboxylic acids is 1. The molecular weight excluding hydrogens is 593 g/mol. The first-order valence-corrected chi connectivity index (χ1v) is 15.0. The zero-order chi connectivity index (χ0) is 33.6. The molecule has 0 saturated heterocycles. The molecule has 0 aliphatic rings. The average molecular weight is 631 g/mol. The summed E-state index contributed by atoms with van der Waals surface area (Å²) in [5.41, 5.74) is 0.00288. The summed E-state index contributed by atoms with van der Waals surface area (Å²) >= 11 is 0. The molecule has 0 fully saturated rings. The molecule has 0 bridgehead atoms. The van der Waals surface area contributed by atoms with E-state index >= 15 is 0 Å². The van der Waals surface area contributed by atoms with Gasteiger partial charge in [-0.1, -0.05) is 72.8 Å². The maximum absolute atomic E-state index is 14.2. The maximum Gasteiger partial charge on any atom is 0.416 e. The number of nitrogens with zero attached hydrogens (tertiary/aromatic N) is 1. The van der Waals surface area contributed by atoms with E-state index in [1.165, 1.54) is 12.1 Å². The summed E-state index contributed by atoms with van der Waals surface area (Å²) in [6.07, 6.45) is -4.11. The van der Waals surface area contributed by atoms with Crippen LogP contribution in [0.15, 0.2) is 103 Å². The van der Waals surface area contributed by atoms with E-state index in [1.807, 2.05) is 58.0 Å². The van der Waals surface area contributed by atoms with Crippen LogP contribution in [0.25, 0.3) is 11.1 Å². The van der Waals surface area contributed by atoms with Crippen LogP contribution in [0.2, 0.25) is 0 Å². The van der Waals surface area contributed by atoms with E-state index in [1.54, 1.807) is 53.4 Å². The Morgan fingerprint density at radius 3 is 1.83 bits per heavy atom. The van der Waals surface area contributed by atoms with Crippen LogP contribution in [-0.4, -0.2) is 39.9 Å². The van der Waals surface area contributed by atoms with Gasteiger partial charge in [0.25, 0.3) is 5.91 Å². The van der Waals surface area contributed by atoms with E-state index < -0.39 is 34.9 Å². The molecule has 2 amide bonds. The number of amides is 2. The van der Waals surface area contributed by atoms with E-state index in [9.17, 15) is 32.7 Å². The predicted molar refractivity (Wildman–Crippen MR) is 172 cm³/mol. The molecule has 0 radical (unpaired) electrons. The van der Waals surface area contributed by atoms with Gasteiger partial charge in [0, 0.05) is 23.3 Å². The number of hydrogen-bond donors (Lipinski definition) is 2. The molecule has 240 valence electrons. The molecular formula is C37H37F3N2O4. The van der Waals surface area contributed by atoms with Crippen molar-refractivity contribution in [1.29, 1.82) is 0 Å². The molecule has 6 nitrogen and oxygen atoms in total. The van der Waals surface area contributed by atoms with Crippen LogP contribution in [0.5, 0.6) is 0 Å². The van der Waals surface area contributed by atoms with Gasteiger partial charge in [-0.15, -0.1) is 0 Å². The molecule has 0 saturated carbocycles. The first-order chi connectivity index (χ1) is 21.8. The van der Waals surface area contributed by atoms with Gasteiger partial charge in [-0.3, -0.25) is 14.4 Å². The Morgan fingerprint density at radius 1 is 0.739 bits per heavy atom. The second kappa shape index (κ2) is 14.0. The normalized spacial score (nSPS) is 12.9. The minimum atomic E-state index is -4.48. The quantitative estimate of drug-likeness (QED) is 0.164. The molecule has 1 unspecified atom stereocenters. The molecule has 0 aromatic heterocycles. The van der Waals surface area contributed by atoms with E-state index in [2.05, 4.69) is 5.32 Å². The third-order valence-electron chi connectivity index (χ3n) is 8.04. The molecule has 0 aliphatic heterocycles. The average Bonchev–Trinajstić information content (AvgIpc) is 3.01. The van der Waals surface area contributed by atoms with Crippen molar-refractivity contribution in [2.24, 2.45) is 0 Å². The minimum absolute atomic E-state index is 0.0212. The van der Waals surface area contributed by atoms with Gasteiger partial charge < -0.3 is 15.3 Å². The van der Waals surface area contributed by atoms with E-state index in [0.29, 0.717) is 23.2 Å². The van der Waals surface area contributed by atoms with Crippen LogP contribution in [0, 0.1) is 0 Å². The number of carboxylic acid groups (broad SMARTS) is 1. The maximum atomic E-state index is 14.2. The monoisotopic (exact) mass is 630 g/mol. The van der Waals surface area contributed by atoms with Crippen molar-refractivity contribution in [3.63, 3.8) is 0 Å². The van der Waals surface area contributed by atoms with Crippen molar-refractivity contribution in [3.8, 4) is 11.1 Å². The van der Waals surface area contributed by atoms with Gasteiger partial charge in [0.2, 0.25) is 5.91 Å². The number of nitrogens with one attached hydrogen (secondary N) is 1. The van der Waals surface area contributed by atoms with Gasteiger partial charge in [0.05, 0.1) is 5.56 Å². The SMILES string of the molecule is CC(C)N(C(=O)C(CCc1ccccc1)(C(=O)O)c1ccc(NC(=O)c2ccccc2-c2ccc(C(F)(F)F)cc2)cc1)C(C)C. The summed E-state index contributed by atoms with van der Waals surface area (Å²) in [6, 6.07) is 26.2. The zero-order valence-electron chi connectivity index (χ0n) is 26.1. The Morgan fingerprint density at radius 2 is 1.28 bits per heavy atom. The lowest BCUT2D eigenvalue weighted by Gasteiger charge is -2.39. The van der Waals surface area contributed by atoms with Crippen LogP contribution in [0.1, 0.15) is 61.2 Å². The Labute approximate surface area is 266 Å².